The first-order chi connectivity index (χ1) is 52.8. The number of hydrogen-bond donors (Lipinski definition) is 9. The molecule has 0 radical (unpaired) electrons. The standard InChI is InChI=1S/C21H23NO7.C17H13Cl2NO5.C17H15NO7.C13H11NO3.C4H7BrO2.C3H9N.Cl2OS.ClH/c1-3-26-19(23)13-28-17-9-5-15(6-10-17)21(25)22-16-7-11-18(12-8-16)29-14-20(24)27-4-2;18-15(21)9-24-13-5-1-11(2-6-13)17(23)20-12-3-7-14(8-4-12)25-10-16(19)22;19-15(20)9-24-13-5-1-11(2-6-13)17(23)18-12-3-7-14(8-4-12)25-10-16(21)22;15-11-5-1-9(2-6-11)13(17)14-10-3-7-12(16)8-4-10;1-2-7-4(6)3-5;1-3(2)4;1-4(2)3;/h5-12H,3-4,13-14H2,1-2H3,(H,22,25);1-8H,9-10H2,(H,20,23);1-8H,9-10H2,(H,18,23)(H,19,20)(H,21,22);1-8,15-16H,(H,14,17);2-3H2,1H3;3H,4H2,1-2H3;;1H. The molecule has 8 aromatic carbocycles. The molecule has 0 aliphatic heterocycles. The van der Waals surface area contributed by atoms with E-state index in [-0.39, 0.29) is 79.9 Å². The number of phenolic OH excluding ortho intramolecular Hbond substituents is 2. The number of aliphatic carboxylic acids is 2. The zero-order chi connectivity index (χ0) is 82.6. The molecular formula is C75H79BrCl5N5O25S. The van der Waals surface area contributed by atoms with E-state index in [1.54, 1.807) is 154 Å². The lowest BCUT2D eigenvalue weighted by Gasteiger charge is -2.09. The number of nitrogens with one attached hydrogen (secondary N) is 4. The van der Waals surface area contributed by atoms with Crippen molar-refractivity contribution in [2.24, 2.45) is 5.73 Å². The second-order valence-corrected chi connectivity index (χ2v) is 25.2. The van der Waals surface area contributed by atoms with Gasteiger partial charge in [0, 0.05) is 66.4 Å². The summed E-state index contributed by atoms with van der Waals surface area (Å²) in [6.07, 6.45) is 0. The molecule has 10 N–H and O–H groups in total. The highest BCUT2D eigenvalue weighted by atomic mass is 79.9. The van der Waals surface area contributed by atoms with Crippen LogP contribution >= 0.6 is 72.9 Å². The molecule has 0 aliphatic rings. The zero-order valence-electron chi connectivity index (χ0n) is 60.3. The Morgan fingerprint density at radius 2 is 0.562 bits per heavy atom. The smallest absolute Gasteiger partial charge is 0.344 e. The van der Waals surface area contributed by atoms with Gasteiger partial charge in [0.2, 0.25) is 9.23 Å². The van der Waals surface area contributed by atoms with Crippen LogP contribution in [0.5, 0.6) is 46.0 Å². The fraction of sp³-hybridized carbons (Fsp3) is 0.213. The number of carbonyl (C=O) groups is 11. The molecule has 0 fully saturated rings. The van der Waals surface area contributed by atoms with E-state index in [0.29, 0.717) is 111 Å². The van der Waals surface area contributed by atoms with Crippen LogP contribution in [-0.2, 0) is 57.0 Å². The SMILES string of the molecule is CC(C)N.CCOC(=O)CBr.CCOC(=O)COc1ccc(NC(=O)c2ccc(OCC(=O)OCC)cc2)cc1.Cl.O=C(Cl)COc1ccc(NC(=O)c2ccc(OCC(=O)Cl)cc2)cc1.O=C(Nc1ccc(O)cc1)c1ccc(O)cc1.O=C(O)COc1ccc(NC(=O)c2ccc(OCC(=O)O)cc2)cc1.O=S(Cl)Cl. The molecule has 0 bridgehead atoms. The van der Waals surface area contributed by atoms with E-state index in [1.807, 2.05) is 13.8 Å². The second-order valence-electron chi connectivity index (χ2n) is 21.3. The number of benzene rings is 8. The molecule has 8 aromatic rings. The third-order valence-electron chi connectivity index (χ3n) is 12.1. The highest BCUT2D eigenvalue weighted by Gasteiger charge is 2.13. The number of anilines is 4. The van der Waals surface area contributed by atoms with Crippen LogP contribution in [-0.4, -0.2) is 159 Å². The Hall–Kier alpha value is -11.2. The van der Waals surface area contributed by atoms with Crippen molar-refractivity contribution < 1.29 is 120 Å². The second kappa shape index (κ2) is 56.9. The molecule has 0 heterocycles. The van der Waals surface area contributed by atoms with Crippen molar-refractivity contribution in [3.63, 3.8) is 0 Å². The molecule has 0 atom stereocenters. The number of esters is 3. The van der Waals surface area contributed by atoms with Crippen LogP contribution < -0.4 is 55.4 Å². The minimum Gasteiger partial charge on any atom is -0.508 e. The van der Waals surface area contributed by atoms with E-state index in [9.17, 15) is 52.7 Å². The third kappa shape index (κ3) is 47.0. The first-order valence-electron chi connectivity index (χ1n) is 32.4. The van der Waals surface area contributed by atoms with E-state index in [4.69, 9.17) is 91.5 Å². The van der Waals surface area contributed by atoms with Crippen LogP contribution in [0, 0.1) is 0 Å². The summed E-state index contributed by atoms with van der Waals surface area (Å²) in [5.41, 5.74) is 9.02. The molecule has 112 heavy (non-hydrogen) atoms. The number of alkyl halides is 1. The summed E-state index contributed by atoms with van der Waals surface area (Å²) in [5, 5.41) is 45.2. The van der Waals surface area contributed by atoms with Crippen LogP contribution in [0.25, 0.3) is 0 Å². The van der Waals surface area contributed by atoms with Crippen molar-refractivity contribution in [2.45, 2.75) is 40.7 Å². The summed E-state index contributed by atoms with van der Waals surface area (Å²) < 4.78 is 54.0. The van der Waals surface area contributed by atoms with Crippen molar-refractivity contribution in [3.8, 4) is 46.0 Å². The number of phenols is 2. The largest absolute Gasteiger partial charge is 0.508 e. The number of hydrogen-bond acceptors (Lipinski definition) is 24. The van der Waals surface area contributed by atoms with Gasteiger partial charge < -0.3 is 90.1 Å². The van der Waals surface area contributed by atoms with Crippen LogP contribution in [0.3, 0.4) is 0 Å². The number of amides is 4. The van der Waals surface area contributed by atoms with E-state index >= 15 is 0 Å². The van der Waals surface area contributed by atoms with Gasteiger partial charge in [0.15, 0.2) is 39.6 Å². The van der Waals surface area contributed by atoms with E-state index in [0.717, 1.165) is 0 Å². The van der Waals surface area contributed by atoms with E-state index in [1.165, 1.54) is 60.7 Å². The van der Waals surface area contributed by atoms with Gasteiger partial charge in [0.05, 0.1) is 19.8 Å². The van der Waals surface area contributed by atoms with Crippen LogP contribution in [0.1, 0.15) is 76.1 Å². The van der Waals surface area contributed by atoms with Gasteiger partial charge in [-0.25, -0.2) is 23.4 Å². The normalized spacial score (nSPS) is 9.69. The number of carbonyl (C=O) groups excluding carboxylic acids is 9. The number of carboxylic acid groups (broad SMARTS) is 2. The number of aromatic hydroxyl groups is 2. The summed E-state index contributed by atoms with van der Waals surface area (Å²) in [7, 11) is 7.36. The molecule has 37 heteroatoms. The first-order valence-corrected chi connectivity index (χ1v) is 37.0. The molecule has 0 spiro atoms. The topological polar surface area (TPSA) is 443 Å². The lowest BCUT2D eigenvalue weighted by molar-refractivity contribution is -0.146. The number of ether oxygens (including phenoxy) is 9. The van der Waals surface area contributed by atoms with Crippen molar-refractivity contribution in [1.82, 2.24) is 0 Å². The summed E-state index contributed by atoms with van der Waals surface area (Å²) in [5.74, 6) is -1.69. The summed E-state index contributed by atoms with van der Waals surface area (Å²) in [6.45, 7) is 8.43. The van der Waals surface area contributed by atoms with Gasteiger partial charge in [-0.2, -0.15) is 0 Å². The maximum Gasteiger partial charge on any atom is 0.344 e. The number of rotatable bonds is 30. The quantitative estimate of drug-likeness (QED) is 0.00664. The van der Waals surface area contributed by atoms with Gasteiger partial charge in [-0.05, 0) is 244 Å². The van der Waals surface area contributed by atoms with E-state index < -0.39 is 56.8 Å². The molecule has 0 unspecified atom stereocenters. The van der Waals surface area contributed by atoms with Crippen molar-refractivity contribution >= 4 is 169 Å². The monoisotopic (exact) mass is 1740 g/mol. The highest BCUT2D eigenvalue weighted by molar-refractivity contribution is 9.09. The lowest BCUT2D eigenvalue weighted by Crippen LogP contribution is -2.15. The number of carboxylic acids is 2. The highest BCUT2D eigenvalue weighted by Crippen LogP contribution is 2.23. The van der Waals surface area contributed by atoms with Crippen LogP contribution in [0.4, 0.5) is 22.7 Å². The molecular weight excluding hydrogens is 1660 g/mol. The fourth-order valence-corrected chi connectivity index (χ4v) is 7.71. The minimum absolute atomic E-state index is 0. The minimum atomic E-state index is -1.67. The van der Waals surface area contributed by atoms with Gasteiger partial charge in [-0.1, -0.05) is 29.8 Å². The van der Waals surface area contributed by atoms with Gasteiger partial charge in [0.25, 0.3) is 34.1 Å². The zero-order valence-corrected chi connectivity index (χ0v) is 66.5. The predicted octanol–water partition coefficient (Wildman–Crippen LogP) is 13.0. The summed E-state index contributed by atoms with van der Waals surface area (Å²) in [4.78, 5) is 123. The maximum atomic E-state index is 12.3. The molecule has 0 saturated heterocycles. The number of halogens is 6. The van der Waals surface area contributed by atoms with Crippen molar-refractivity contribution in [1.29, 1.82) is 0 Å². The van der Waals surface area contributed by atoms with Gasteiger partial charge in [-0.3, -0.25) is 33.6 Å². The molecule has 0 saturated carbocycles. The Morgan fingerprint density at radius 3 is 0.768 bits per heavy atom. The molecule has 0 aromatic heterocycles. The maximum absolute atomic E-state index is 12.3. The van der Waals surface area contributed by atoms with Gasteiger partial charge >= 0.3 is 29.8 Å². The third-order valence-corrected chi connectivity index (χ3v) is 12.8. The summed E-state index contributed by atoms with van der Waals surface area (Å²) >= 11 is 13.3. The molecule has 4 amide bonds. The molecule has 602 valence electrons. The lowest BCUT2D eigenvalue weighted by atomic mass is 10.2. The fourth-order valence-electron chi connectivity index (χ4n) is 7.44. The molecule has 0 aliphatic carbocycles. The van der Waals surface area contributed by atoms with Gasteiger partial charge in [-0.15, -0.1) is 12.4 Å². The average Bonchev–Trinajstić information content (AvgIpc) is 0.874. The van der Waals surface area contributed by atoms with Crippen LogP contribution in [0.2, 0.25) is 0 Å². The Morgan fingerprint density at radius 1 is 0.375 bits per heavy atom. The Bertz CT molecular complexity index is 4100. The van der Waals surface area contributed by atoms with Crippen molar-refractivity contribution in [2.75, 3.05) is 86.1 Å². The Kier molecular flexibility index (Phi) is 50.2. The summed E-state index contributed by atoms with van der Waals surface area (Å²) in [6, 6.07) is 50.5. The van der Waals surface area contributed by atoms with E-state index in [2.05, 4.69) is 63.3 Å². The Labute approximate surface area is 679 Å². The van der Waals surface area contributed by atoms with Gasteiger partial charge in [0.1, 0.15) is 51.3 Å². The van der Waals surface area contributed by atoms with Crippen LogP contribution in [0.15, 0.2) is 194 Å². The predicted molar refractivity (Wildman–Crippen MR) is 427 cm³/mol. The number of nitrogens with two attached hydrogens (primary N) is 1. The average molecular weight is 1740 g/mol. The Balaban J connectivity index is 0.000000706. The molecule has 8 rings (SSSR count). The molecule has 30 nitrogen and oxygen atoms in total. The first kappa shape index (κ1) is 98.8. The van der Waals surface area contributed by atoms with Crippen molar-refractivity contribution in [3.05, 3.63) is 216 Å².